The maximum Gasteiger partial charge on any atom is 0.130 e. The monoisotopic (exact) mass is 249 g/mol. The molecule has 0 unspecified atom stereocenters. The maximum atomic E-state index is 13.3. The van der Waals surface area contributed by atoms with Gasteiger partial charge in [-0.05, 0) is 12.5 Å². The highest BCUT2D eigenvalue weighted by molar-refractivity contribution is 5.85. The minimum Gasteiger partial charge on any atom is -0.324 e. The molecule has 0 aliphatic heterocycles. The Balaban J connectivity index is 0.00000225. The SMILES string of the molecule is CCCCC[C@@H](N)c1ccc(F)cc1F.Cl. The number of benzene rings is 1. The molecule has 1 rings (SSSR count). The van der Waals surface area contributed by atoms with Crippen molar-refractivity contribution in [3.8, 4) is 0 Å². The van der Waals surface area contributed by atoms with Crippen molar-refractivity contribution in [1.29, 1.82) is 0 Å². The van der Waals surface area contributed by atoms with Crippen molar-refractivity contribution in [2.24, 2.45) is 5.73 Å². The van der Waals surface area contributed by atoms with Crippen molar-refractivity contribution in [2.75, 3.05) is 0 Å². The summed E-state index contributed by atoms with van der Waals surface area (Å²) in [7, 11) is 0. The van der Waals surface area contributed by atoms with Crippen LogP contribution in [-0.4, -0.2) is 0 Å². The van der Waals surface area contributed by atoms with Crippen LogP contribution < -0.4 is 5.73 Å². The van der Waals surface area contributed by atoms with Gasteiger partial charge in [0.25, 0.3) is 0 Å². The molecule has 0 amide bonds. The number of nitrogens with two attached hydrogens (primary N) is 1. The predicted molar refractivity (Wildman–Crippen MR) is 64.7 cm³/mol. The standard InChI is InChI=1S/C12H17F2N.ClH/c1-2-3-4-5-12(15)10-7-6-9(13)8-11(10)14;/h6-8,12H,2-5,15H2,1H3;1H/t12-;/m1./s1. The first-order valence-corrected chi connectivity index (χ1v) is 5.35. The molecule has 4 heteroatoms. The molecule has 1 aromatic carbocycles. The Labute approximate surface area is 101 Å². The molecular weight excluding hydrogens is 232 g/mol. The molecule has 1 aromatic rings. The fourth-order valence-electron chi connectivity index (χ4n) is 1.57. The van der Waals surface area contributed by atoms with Crippen LogP contribution in [0.1, 0.15) is 44.2 Å². The summed E-state index contributed by atoms with van der Waals surface area (Å²) in [5, 5.41) is 0. The van der Waals surface area contributed by atoms with Crippen LogP contribution in [0, 0.1) is 11.6 Å². The normalized spacial score (nSPS) is 12.0. The van der Waals surface area contributed by atoms with E-state index in [0.717, 1.165) is 31.7 Å². The van der Waals surface area contributed by atoms with E-state index in [1.165, 1.54) is 12.1 Å². The van der Waals surface area contributed by atoms with Crippen molar-refractivity contribution in [3.05, 3.63) is 35.4 Å². The fraction of sp³-hybridized carbons (Fsp3) is 0.500. The highest BCUT2D eigenvalue weighted by Gasteiger charge is 2.11. The predicted octanol–water partition coefficient (Wildman–Crippen LogP) is 3.97. The van der Waals surface area contributed by atoms with Gasteiger partial charge in [-0.25, -0.2) is 8.78 Å². The van der Waals surface area contributed by atoms with Gasteiger partial charge in [-0.15, -0.1) is 12.4 Å². The fourth-order valence-corrected chi connectivity index (χ4v) is 1.57. The van der Waals surface area contributed by atoms with Crippen LogP contribution >= 0.6 is 12.4 Å². The lowest BCUT2D eigenvalue weighted by Gasteiger charge is -2.12. The topological polar surface area (TPSA) is 26.0 Å². The van der Waals surface area contributed by atoms with Crippen molar-refractivity contribution in [2.45, 2.75) is 38.6 Å². The van der Waals surface area contributed by atoms with Crippen LogP contribution in [0.3, 0.4) is 0 Å². The zero-order valence-electron chi connectivity index (χ0n) is 9.38. The molecule has 0 aliphatic carbocycles. The summed E-state index contributed by atoms with van der Waals surface area (Å²) in [4.78, 5) is 0. The maximum absolute atomic E-state index is 13.3. The molecule has 0 bridgehead atoms. The third-order valence-corrected chi connectivity index (χ3v) is 2.48. The molecule has 0 heterocycles. The van der Waals surface area contributed by atoms with Crippen LogP contribution in [0.25, 0.3) is 0 Å². The van der Waals surface area contributed by atoms with Gasteiger partial charge in [0, 0.05) is 17.7 Å². The second-order valence-corrected chi connectivity index (χ2v) is 3.77. The summed E-state index contributed by atoms with van der Waals surface area (Å²) in [5.74, 6) is -1.10. The van der Waals surface area contributed by atoms with E-state index in [2.05, 4.69) is 6.92 Å². The number of halogens is 3. The molecule has 16 heavy (non-hydrogen) atoms. The second-order valence-electron chi connectivity index (χ2n) is 3.77. The minimum absolute atomic E-state index is 0. The lowest BCUT2D eigenvalue weighted by molar-refractivity contribution is 0.527. The molecule has 0 aromatic heterocycles. The number of hydrogen-bond donors (Lipinski definition) is 1. The first kappa shape index (κ1) is 15.3. The molecule has 0 saturated carbocycles. The summed E-state index contributed by atoms with van der Waals surface area (Å²) in [6, 6.07) is 3.24. The van der Waals surface area contributed by atoms with Crippen molar-refractivity contribution in [3.63, 3.8) is 0 Å². The van der Waals surface area contributed by atoms with Gasteiger partial charge < -0.3 is 5.73 Å². The molecule has 1 nitrogen and oxygen atoms in total. The van der Waals surface area contributed by atoms with Gasteiger partial charge in [-0.1, -0.05) is 32.3 Å². The molecule has 0 radical (unpaired) electrons. The smallest absolute Gasteiger partial charge is 0.130 e. The van der Waals surface area contributed by atoms with E-state index in [4.69, 9.17) is 5.73 Å². The van der Waals surface area contributed by atoms with Gasteiger partial charge in [0.05, 0.1) is 0 Å². The van der Waals surface area contributed by atoms with E-state index < -0.39 is 11.6 Å². The first-order chi connectivity index (χ1) is 7.15. The van der Waals surface area contributed by atoms with Gasteiger partial charge in [0.2, 0.25) is 0 Å². The third-order valence-electron chi connectivity index (χ3n) is 2.48. The van der Waals surface area contributed by atoms with Gasteiger partial charge in [0.15, 0.2) is 0 Å². The molecular formula is C12H18ClF2N. The van der Waals surface area contributed by atoms with Gasteiger partial charge in [-0.2, -0.15) is 0 Å². The number of rotatable bonds is 5. The molecule has 2 N–H and O–H groups in total. The average Bonchev–Trinajstić information content (AvgIpc) is 2.17. The lowest BCUT2D eigenvalue weighted by atomic mass is 10.0. The Morgan fingerprint density at radius 3 is 2.50 bits per heavy atom. The van der Waals surface area contributed by atoms with E-state index in [1.807, 2.05) is 0 Å². The van der Waals surface area contributed by atoms with Gasteiger partial charge in [-0.3, -0.25) is 0 Å². The van der Waals surface area contributed by atoms with Crippen LogP contribution in [0.2, 0.25) is 0 Å². The Kier molecular flexibility index (Phi) is 7.26. The average molecular weight is 250 g/mol. The summed E-state index contributed by atoms with van der Waals surface area (Å²) in [5.41, 5.74) is 6.23. The van der Waals surface area contributed by atoms with E-state index >= 15 is 0 Å². The number of unbranched alkanes of at least 4 members (excludes halogenated alkanes) is 2. The Hall–Kier alpha value is -0.670. The van der Waals surface area contributed by atoms with E-state index in [-0.39, 0.29) is 18.4 Å². The van der Waals surface area contributed by atoms with E-state index in [0.29, 0.717) is 5.56 Å². The summed E-state index contributed by atoms with van der Waals surface area (Å²) in [6.07, 6.45) is 3.93. The molecule has 0 fully saturated rings. The van der Waals surface area contributed by atoms with E-state index in [1.54, 1.807) is 0 Å². The number of hydrogen-bond acceptors (Lipinski definition) is 1. The first-order valence-electron chi connectivity index (χ1n) is 5.35. The van der Waals surface area contributed by atoms with Crippen LogP contribution in [0.15, 0.2) is 18.2 Å². The summed E-state index contributed by atoms with van der Waals surface area (Å²) >= 11 is 0. The van der Waals surface area contributed by atoms with Crippen LogP contribution in [-0.2, 0) is 0 Å². The molecule has 92 valence electrons. The van der Waals surface area contributed by atoms with Gasteiger partial charge in [0.1, 0.15) is 11.6 Å². The summed E-state index contributed by atoms with van der Waals surface area (Å²) < 4.78 is 25.9. The molecule has 1 atom stereocenters. The second kappa shape index (κ2) is 7.58. The Morgan fingerprint density at radius 1 is 1.25 bits per heavy atom. The third kappa shape index (κ3) is 4.45. The minimum atomic E-state index is -0.558. The quantitative estimate of drug-likeness (QED) is 0.786. The lowest BCUT2D eigenvalue weighted by Crippen LogP contribution is -2.12. The van der Waals surface area contributed by atoms with Crippen molar-refractivity contribution in [1.82, 2.24) is 0 Å². The molecule has 0 spiro atoms. The summed E-state index contributed by atoms with van der Waals surface area (Å²) in [6.45, 7) is 2.10. The zero-order chi connectivity index (χ0) is 11.3. The van der Waals surface area contributed by atoms with Crippen molar-refractivity contribution < 1.29 is 8.78 Å². The zero-order valence-corrected chi connectivity index (χ0v) is 10.2. The Bertz CT molecular complexity index is 318. The van der Waals surface area contributed by atoms with Crippen LogP contribution in [0.4, 0.5) is 8.78 Å². The van der Waals surface area contributed by atoms with Crippen molar-refractivity contribution >= 4 is 12.4 Å². The van der Waals surface area contributed by atoms with Gasteiger partial charge >= 0.3 is 0 Å². The molecule has 0 saturated heterocycles. The highest BCUT2D eigenvalue weighted by Crippen LogP contribution is 2.20. The van der Waals surface area contributed by atoms with Crippen LogP contribution in [0.5, 0.6) is 0 Å². The highest BCUT2D eigenvalue weighted by atomic mass is 35.5. The molecule has 0 aliphatic rings. The largest absolute Gasteiger partial charge is 0.324 e. The Morgan fingerprint density at radius 2 is 1.94 bits per heavy atom. The van der Waals surface area contributed by atoms with E-state index in [9.17, 15) is 8.78 Å².